The van der Waals surface area contributed by atoms with Crippen LogP contribution in [0.4, 0.5) is 5.69 Å². The first kappa shape index (κ1) is 12.4. The molecule has 0 aliphatic carbocycles. The Labute approximate surface area is 104 Å². The van der Waals surface area contributed by atoms with Crippen molar-refractivity contribution in [3.8, 4) is 0 Å². The van der Waals surface area contributed by atoms with Crippen molar-refractivity contribution in [1.82, 2.24) is 5.32 Å². The number of hydrogen-bond donors (Lipinski definition) is 2. The molecule has 1 fully saturated rings. The van der Waals surface area contributed by atoms with Gasteiger partial charge in [-0.15, -0.1) is 0 Å². The van der Waals surface area contributed by atoms with Crippen molar-refractivity contribution in [2.75, 3.05) is 24.5 Å². The fourth-order valence-corrected chi connectivity index (χ4v) is 2.18. The van der Waals surface area contributed by atoms with Gasteiger partial charge in [0.15, 0.2) is 0 Å². The average Bonchev–Trinajstić information content (AvgIpc) is 2.90. The maximum Gasteiger partial charge on any atom is 0.0366 e. The highest BCUT2D eigenvalue weighted by atomic mass is 15.1. The molecule has 3 nitrogen and oxygen atoms in total. The molecule has 1 aromatic carbocycles. The molecule has 0 amide bonds. The van der Waals surface area contributed by atoms with Gasteiger partial charge in [-0.2, -0.15) is 0 Å². The Morgan fingerprint density at radius 2 is 1.88 bits per heavy atom. The summed E-state index contributed by atoms with van der Waals surface area (Å²) in [7, 11) is 0. The second-order valence-electron chi connectivity index (χ2n) is 4.88. The Hall–Kier alpha value is -1.06. The lowest BCUT2D eigenvalue weighted by Gasteiger charge is -2.18. The van der Waals surface area contributed by atoms with Crippen molar-refractivity contribution < 1.29 is 0 Å². The van der Waals surface area contributed by atoms with Crippen LogP contribution in [0.3, 0.4) is 0 Å². The predicted molar refractivity (Wildman–Crippen MR) is 73.2 cm³/mol. The quantitative estimate of drug-likeness (QED) is 0.813. The van der Waals surface area contributed by atoms with E-state index in [-0.39, 0.29) is 0 Å². The third-order valence-electron chi connectivity index (χ3n) is 3.42. The van der Waals surface area contributed by atoms with E-state index in [2.05, 4.69) is 41.4 Å². The van der Waals surface area contributed by atoms with E-state index < -0.39 is 0 Å². The van der Waals surface area contributed by atoms with Crippen LogP contribution in [0.5, 0.6) is 0 Å². The molecule has 1 atom stereocenters. The van der Waals surface area contributed by atoms with Crippen molar-refractivity contribution in [2.24, 2.45) is 5.73 Å². The maximum atomic E-state index is 5.57. The monoisotopic (exact) mass is 233 g/mol. The molecule has 94 valence electrons. The van der Waals surface area contributed by atoms with Crippen molar-refractivity contribution in [3.63, 3.8) is 0 Å². The number of nitrogens with zero attached hydrogens (tertiary/aromatic N) is 1. The standard InChI is InChI=1S/C14H23N3/c1-12(10-15)16-11-13-4-6-14(7-5-13)17-8-2-3-9-17/h4-7,12,16H,2-3,8-11,15H2,1H3/t12-/m0/s1. The predicted octanol–water partition coefficient (Wildman–Crippen LogP) is 1.72. The molecule has 3 heteroatoms. The van der Waals surface area contributed by atoms with Gasteiger partial charge in [-0.1, -0.05) is 12.1 Å². The lowest BCUT2D eigenvalue weighted by molar-refractivity contribution is 0.556. The summed E-state index contributed by atoms with van der Waals surface area (Å²) < 4.78 is 0. The van der Waals surface area contributed by atoms with Gasteiger partial charge >= 0.3 is 0 Å². The third-order valence-corrected chi connectivity index (χ3v) is 3.42. The highest BCUT2D eigenvalue weighted by molar-refractivity contribution is 5.48. The lowest BCUT2D eigenvalue weighted by atomic mass is 10.2. The third kappa shape index (κ3) is 3.45. The fraction of sp³-hybridized carbons (Fsp3) is 0.571. The molecular formula is C14H23N3. The number of hydrogen-bond acceptors (Lipinski definition) is 3. The molecule has 0 radical (unpaired) electrons. The van der Waals surface area contributed by atoms with Crippen molar-refractivity contribution in [1.29, 1.82) is 0 Å². The number of rotatable bonds is 5. The van der Waals surface area contributed by atoms with Gasteiger partial charge < -0.3 is 16.0 Å². The normalized spacial score (nSPS) is 17.4. The van der Waals surface area contributed by atoms with E-state index in [0.717, 1.165) is 6.54 Å². The van der Waals surface area contributed by atoms with Gasteiger partial charge in [0.25, 0.3) is 0 Å². The molecule has 1 heterocycles. The van der Waals surface area contributed by atoms with Crippen LogP contribution in [0.2, 0.25) is 0 Å². The zero-order chi connectivity index (χ0) is 12.1. The second-order valence-corrected chi connectivity index (χ2v) is 4.88. The van der Waals surface area contributed by atoms with Gasteiger partial charge in [-0.25, -0.2) is 0 Å². The number of nitrogens with two attached hydrogens (primary N) is 1. The first-order valence-corrected chi connectivity index (χ1v) is 6.57. The molecule has 0 spiro atoms. The number of benzene rings is 1. The molecule has 2 rings (SSSR count). The van der Waals surface area contributed by atoms with E-state index in [1.54, 1.807) is 0 Å². The minimum Gasteiger partial charge on any atom is -0.372 e. The van der Waals surface area contributed by atoms with Crippen molar-refractivity contribution in [2.45, 2.75) is 32.4 Å². The van der Waals surface area contributed by atoms with Crippen LogP contribution >= 0.6 is 0 Å². The second kappa shape index (κ2) is 6.03. The van der Waals surface area contributed by atoms with Gasteiger partial charge in [0.1, 0.15) is 0 Å². The Morgan fingerprint density at radius 3 is 2.47 bits per heavy atom. The van der Waals surface area contributed by atoms with Crippen LogP contribution in [0.1, 0.15) is 25.3 Å². The molecule has 1 aromatic rings. The van der Waals surface area contributed by atoms with E-state index in [0.29, 0.717) is 12.6 Å². The maximum absolute atomic E-state index is 5.57. The minimum absolute atomic E-state index is 0.383. The summed E-state index contributed by atoms with van der Waals surface area (Å²) >= 11 is 0. The summed E-state index contributed by atoms with van der Waals surface area (Å²) in [6, 6.07) is 9.27. The molecule has 0 unspecified atom stereocenters. The summed E-state index contributed by atoms with van der Waals surface area (Å²) in [5.74, 6) is 0. The van der Waals surface area contributed by atoms with Crippen molar-refractivity contribution in [3.05, 3.63) is 29.8 Å². The van der Waals surface area contributed by atoms with Crippen molar-refractivity contribution >= 4 is 5.69 Å². The average molecular weight is 233 g/mol. The topological polar surface area (TPSA) is 41.3 Å². The van der Waals surface area contributed by atoms with Crippen LogP contribution in [-0.2, 0) is 6.54 Å². The first-order valence-electron chi connectivity index (χ1n) is 6.57. The fourth-order valence-electron chi connectivity index (χ4n) is 2.18. The van der Waals surface area contributed by atoms with Gasteiger partial charge in [0.2, 0.25) is 0 Å². The number of anilines is 1. The molecule has 1 aliphatic rings. The van der Waals surface area contributed by atoms with Crippen LogP contribution in [0, 0.1) is 0 Å². The molecule has 1 aliphatic heterocycles. The Morgan fingerprint density at radius 1 is 1.24 bits per heavy atom. The highest BCUT2D eigenvalue weighted by Gasteiger charge is 2.11. The molecule has 17 heavy (non-hydrogen) atoms. The van der Waals surface area contributed by atoms with E-state index in [1.165, 1.54) is 37.2 Å². The van der Waals surface area contributed by atoms with Gasteiger partial charge in [-0.05, 0) is 37.5 Å². The van der Waals surface area contributed by atoms with E-state index in [9.17, 15) is 0 Å². The minimum atomic E-state index is 0.383. The van der Waals surface area contributed by atoms with E-state index in [1.807, 2.05) is 0 Å². The van der Waals surface area contributed by atoms with Gasteiger partial charge in [0, 0.05) is 37.9 Å². The molecule has 3 N–H and O–H groups in total. The largest absolute Gasteiger partial charge is 0.372 e. The SMILES string of the molecule is C[C@@H](CN)NCc1ccc(N2CCCC2)cc1. The van der Waals surface area contributed by atoms with Crippen LogP contribution in [0.25, 0.3) is 0 Å². The molecular weight excluding hydrogens is 210 g/mol. The Bertz CT molecular complexity index is 328. The van der Waals surface area contributed by atoms with Gasteiger partial charge in [0.05, 0.1) is 0 Å². The van der Waals surface area contributed by atoms with Crippen LogP contribution in [0.15, 0.2) is 24.3 Å². The zero-order valence-electron chi connectivity index (χ0n) is 10.7. The van der Waals surface area contributed by atoms with Crippen LogP contribution < -0.4 is 16.0 Å². The zero-order valence-corrected chi connectivity index (χ0v) is 10.7. The summed E-state index contributed by atoms with van der Waals surface area (Å²) in [6.07, 6.45) is 2.66. The molecule has 1 saturated heterocycles. The summed E-state index contributed by atoms with van der Waals surface area (Å²) in [5.41, 5.74) is 8.26. The molecule has 0 aromatic heterocycles. The Balaban J connectivity index is 1.88. The first-order chi connectivity index (χ1) is 8.29. The van der Waals surface area contributed by atoms with Gasteiger partial charge in [-0.3, -0.25) is 0 Å². The molecule has 0 bridgehead atoms. The molecule has 0 saturated carbocycles. The summed E-state index contributed by atoms with van der Waals surface area (Å²) in [5, 5.41) is 3.40. The Kier molecular flexibility index (Phi) is 4.40. The summed E-state index contributed by atoms with van der Waals surface area (Å²) in [4.78, 5) is 2.46. The smallest absolute Gasteiger partial charge is 0.0366 e. The van der Waals surface area contributed by atoms with E-state index >= 15 is 0 Å². The lowest BCUT2D eigenvalue weighted by Crippen LogP contribution is -2.32. The highest BCUT2D eigenvalue weighted by Crippen LogP contribution is 2.20. The van der Waals surface area contributed by atoms with E-state index in [4.69, 9.17) is 5.73 Å². The van der Waals surface area contributed by atoms with Crippen LogP contribution in [-0.4, -0.2) is 25.7 Å². The number of nitrogens with one attached hydrogen (secondary N) is 1. The summed E-state index contributed by atoms with van der Waals surface area (Å²) in [6.45, 7) is 6.12.